The highest BCUT2D eigenvalue weighted by Crippen LogP contribution is 2.27. The zero-order chi connectivity index (χ0) is 13.0. The van der Waals surface area contributed by atoms with Crippen molar-refractivity contribution in [1.29, 1.82) is 0 Å². The van der Waals surface area contributed by atoms with Gasteiger partial charge in [0, 0.05) is 6.07 Å². The maximum Gasteiger partial charge on any atom is 0.315 e. The third-order valence-electron chi connectivity index (χ3n) is 2.12. The molecule has 0 aliphatic carbocycles. The van der Waals surface area contributed by atoms with Crippen molar-refractivity contribution in [3.8, 4) is 0 Å². The normalized spacial score (nSPS) is 11.9. The van der Waals surface area contributed by atoms with Gasteiger partial charge in [0.25, 0.3) is 5.69 Å². The van der Waals surface area contributed by atoms with Crippen molar-refractivity contribution in [3.63, 3.8) is 0 Å². The predicted octanol–water partition coefficient (Wildman–Crippen LogP) is 2.31. The van der Waals surface area contributed by atoms with Crippen molar-refractivity contribution in [1.82, 2.24) is 4.98 Å². The molecule has 7 heteroatoms. The minimum absolute atomic E-state index is 0.0148. The summed E-state index contributed by atoms with van der Waals surface area (Å²) in [7, 11) is 0. The smallest absolute Gasteiger partial charge is 0.315 e. The fourth-order valence-electron chi connectivity index (χ4n) is 1.29. The van der Waals surface area contributed by atoms with Gasteiger partial charge >= 0.3 is 5.97 Å². The number of carbonyl (C=O) groups is 1. The summed E-state index contributed by atoms with van der Waals surface area (Å²) in [4.78, 5) is 25.5. The van der Waals surface area contributed by atoms with E-state index in [1.54, 1.807) is 6.92 Å². The van der Waals surface area contributed by atoms with Crippen molar-refractivity contribution < 1.29 is 14.5 Å². The quantitative estimate of drug-likeness (QED) is 0.358. The van der Waals surface area contributed by atoms with E-state index in [9.17, 15) is 14.9 Å². The van der Waals surface area contributed by atoms with E-state index < -0.39 is 16.8 Å². The Hall–Kier alpha value is -1.69. The van der Waals surface area contributed by atoms with E-state index in [1.165, 1.54) is 19.1 Å². The number of nitrogens with zero attached hydrogens (tertiary/aromatic N) is 2. The lowest BCUT2D eigenvalue weighted by atomic mass is 10.1. The van der Waals surface area contributed by atoms with Crippen LogP contribution >= 0.6 is 11.6 Å². The minimum atomic E-state index is -0.825. The number of pyridine rings is 1. The number of carbonyl (C=O) groups excluding carboxylic acids is 1. The number of ether oxygens (including phenoxy) is 1. The average molecular weight is 259 g/mol. The molecule has 92 valence electrons. The molecule has 1 atom stereocenters. The molecule has 0 saturated carbocycles. The first-order chi connectivity index (χ1) is 7.97. The Bertz CT molecular complexity index is 450. The summed E-state index contributed by atoms with van der Waals surface area (Å²) in [5.74, 6) is -1.39. The Morgan fingerprint density at radius 3 is 2.82 bits per heavy atom. The third kappa shape index (κ3) is 3.13. The third-order valence-corrected chi connectivity index (χ3v) is 2.33. The molecule has 17 heavy (non-hydrogen) atoms. The lowest BCUT2D eigenvalue weighted by Crippen LogP contribution is -2.15. The Kier molecular flexibility index (Phi) is 4.39. The van der Waals surface area contributed by atoms with Gasteiger partial charge in [-0.1, -0.05) is 11.6 Å². The monoisotopic (exact) mass is 258 g/mol. The fourth-order valence-corrected chi connectivity index (χ4v) is 1.45. The van der Waals surface area contributed by atoms with E-state index in [4.69, 9.17) is 16.3 Å². The van der Waals surface area contributed by atoms with Crippen LogP contribution in [0.3, 0.4) is 0 Å². The van der Waals surface area contributed by atoms with Gasteiger partial charge < -0.3 is 4.74 Å². The van der Waals surface area contributed by atoms with Crippen LogP contribution in [0.4, 0.5) is 5.69 Å². The summed E-state index contributed by atoms with van der Waals surface area (Å²) < 4.78 is 4.79. The number of nitro groups is 1. The highest BCUT2D eigenvalue weighted by molar-refractivity contribution is 6.29. The van der Waals surface area contributed by atoms with Crippen LogP contribution < -0.4 is 0 Å². The van der Waals surface area contributed by atoms with Crippen LogP contribution in [0.5, 0.6) is 0 Å². The lowest BCUT2D eigenvalue weighted by molar-refractivity contribution is -0.386. The zero-order valence-electron chi connectivity index (χ0n) is 9.34. The second kappa shape index (κ2) is 5.58. The van der Waals surface area contributed by atoms with Crippen molar-refractivity contribution in [3.05, 3.63) is 33.1 Å². The molecule has 1 unspecified atom stereocenters. The molecule has 0 amide bonds. The molecule has 1 aromatic heterocycles. The van der Waals surface area contributed by atoms with E-state index >= 15 is 0 Å². The zero-order valence-corrected chi connectivity index (χ0v) is 10.1. The summed E-state index contributed by atoms with van der Waals surface area (Å²) in [6.45, 7) is 3.35. The molecular weight excluding hydrogens is 248 g/mol. The van der Waals surface area contributed by atoms with Crippen molar-refractivity contribution in [2.45, 2.75) is 19.8 Å². The molecule has 0 fully saturated rings. The van der Waals surface area contributed by atoms with Gasteiger partial charge in [-0.05, 0) is 19.9 Å². The van der Waals surface area contributed by atoms with Crippen LogP contribution in [-0.4, -0.2) is 22.5 Å². The van der Waals surface area contributed by atoms with Gasteiger partial charge in [0.15, 0.2) is 0 Å². The number of hydrogen-bond acceptors (Lipinski definition) is 5. The van der Waals surface area contributed by atoms with E-state index in [0.717, 1.165) is 0 Å². The van der Waals surface area contributed by atoms with E-state index in [-0.39, 0.29) is 23.1 Å². The van der Waals surface area contributed by atoms with Gasteiger partial charge in [-0.25, -0.2) is 4.98 Å². The number of halogens is 1. The van der Waals surface area contributed by atoms with Crippen LogP contribution in [0.2, 0.25) is 5.15 Å². The van der Waals surface area contributed by atoms with Crippen molar-refractivity contribution in [2.75, 3.05) is 6.61 Å². The molecule has 1 aromatic rings. The van der Waals surface area contributed by atoms with Crippen molar-refractivity contribution in [2.24, 2.45) is 0 Å². The highest BCUT2D eigenvalue weighted by atomic mass is 35.5. The fraction of sp³-hybridized carbons (Fsp3) is 0.400. The minimum Gasteiger partial charge on any atom is -0.465 e. The number of esters is 1. The Balaban J connectivity index is 3.14. The molecule has 6 nitrogen and oxygen atoms in total. The molecular formula is C10H11ClN2O4. The lowest BCUT2D eigenvalue weighted by Gasteiger charge is -2.10. The van der Waals surface area contributed by atoms with Crippen LogP contribution in [0, 0.1) is 10.1 Å². The van der Waals surface area contributed by atoms with Crippen LogP contribution in [0.1, 0.15) is 25.5 Å². The highest BCUT2D eigenvalue weighted by Gasteiger charge is 2.27. The second-order valence-electron chi connectivity index (χ2n) is 3.27. The maximum absolute atomic E-state index is 11.5. The Morgan fingerprint density at radius 2 is 2.29 bits per heavy atom. The van der Waals surface area contributed by atoms with Gasteiger partial charge in [-0.2, -0.15) is 0 Å². The predicted molar refractivity (Wildman–Crippen MR) is 60.9 cm³/mol. The second-order valence-corrected chi connectivity index (χ2v) is 3.66. The molecule has 1 rings (SSSR count). The molecule has 0 radical (unpaired) electrons. The van der Waals surface area contributed by atoms with E-state index in [2.05, 4.69) is 4.98 Å². The standard InChI is InChI=1S/C10H11ClN2O4/c1-3-17-10(14)6(2)9-7(13(15)16)4-5-8(11)12-9/h4-6H,3H2,1-2H3. The Labute approximate surface area is 103 Å². The molecule has 0 spiro atoms. The number of rotatable bonds is 4. The van der Waals surface area contributed by atoms with E-state index in [0.29, 0.717) is 0 Å². The molecule has 0 aromatic carbocycles. The van der Waals surface area contributed by atoms with Gasteiger partial charge in [0.05, 0.1) is 11.5 Å². The summed E-state index contributed by atoms with van der Waals surface area (Å²) in [6, 6.07) is 2.53. The largest absolute Gasteiger partial charge is 0.465 e. The summed E-state index contributed by atoms with van der Waals surface area (Å²) in [6.07, 6.45) is 0. The topological polar surface area (TPSA) is 82.3 Å². The van der Waals surface area contributed by atoms with Gasteiger partial charge in [0.1, 0.15) is 16.8 Å². The molecule has 0 aliphatic rings. The molecule has 0 saturated heterocycles. The summed E-state index contributed by atoms with van der Waals surface area (Å²) in [5, 5.41) is 10.9. The molecule has 0 N–H and O–H groups in total. The summed E-state index contributed by atoms with van der Waals surface area (Å²) in [5.41, 5.74) is -0.226. The number of aromatic nitrogens is 1. The first kappa shape index (κ1) is 13.4. The average Bonchev–Trinajstić information content (AvgIpc) is 2.27. The molecule has 0 bridgehead atoms. The number of hydrogen-bond donors (Lipinski definition) is 0. The van der Waals surface area contributed by atoms with Gasteiger partial charge in [-0.3, -0.25) is 14.9 Å². The molecule has 1 heterocycles. The van der Waals surface area contributed by atoms with Crippen molar-refractivity contribution >= 4 is 23.3 Å². The van der Waals surface area contributed by atoms with Gasteiger partial charge in [-0.15, -0.1) is 0 Å². The molecule has 0 aliphatic heterocycles. The first-order valence-corrected chi connectivity index (χ1v) is 5.32. The summed E-state index contributed by atoms with van der Waals surface area (Å²) >= 11 is 5.66. The van der Waals surface area contributed by atoms with E-state index in [1.807, 2.05) is 0 Å². The SMILES string of the molecule is CCOC(=O)C(C)c1nc(Cl)ccc1[N+](=O)[O-]. The van der Waals surface area contributed by atoms with Crippen LogP contribution in [-0.2, 0) is 9.53 Å². The van der Waals surface area contributed by atoms with Crippen LogP contribution in [0.25, 0.3) is 0 Å². The van der Waals surface area contributed by atoms with Crippen LogP contribution in [0.15, 0.2) is 12.1 Å². The first-order valence-electron chi connectivity index (χ1n) is 4.94. The Morgan fingerprint density at radius 1 is 1.65 bits per heavy atom. The maximum atomic E-state index is 11.5. The van der Waals surface area contributed by atoms with Gasteiger partial charge in [0.2, 0.25) is 0 Å².